The number of nitrogens with two attached hydrogens (primary N) is 1. The molecular formula is C13H15N. The van der Waals surface area contributed by atoms with Gasteiger partial charge < -0.3 is 5.73 Å². The Bertz CT molecular complexity index is 446. The molecule has 0 unspecified atom stereocenters. The van der Waals surface area contributed by atoms with Crippen LogP contribution in [0, 0.1) is 0 Å². The number of rotatable bonds is 2. The van der Waals surface area contributed by atoms with Crippen LogP contribution >= 0.6 is 0 Å². The lowest BCUT2D eigenvalue weighted by Gasteiger charge is -2.09. The van der Waals surface area contributed by atoms with Crippen LogP contribution in [-0.4, -0.2) is 0 Å². The summed E-state index contributed by atoms with van der Waals surface area (Å²) in [5.41, 5.74) is 8.46. The standard InChI is InChI=1S/C13H15N/c1-2-10-7-8-11-5-3-4-6-12(11)13(10)9-14/h3-8H,2,9,14H2,1H3. The van der Waals surface area contributed by atoms with Gasteiger partial charge in [0.25, 0.3) is 0 Å². The molecule has 0 amide bonds. The third-order valence-corrected chi connectivity index (χ3v) is 2.72. The summed E-state index contributed by atoms with van der Waals surface area (Å²) >= 11 is 0. The Morgan fingerprint density at radius 1 is 1.07 bits per heavy atom. The number of hydrogen-bond acceptors (Lipinski definition) is 1. The van der Waals surface area contributed by atoms with Crippen LogP contribution in [0.3, 0.4) is 0 Å². The predicted octanol–water partition coefficient (Wildman–Crippen LogP) is 2.86. The largest absolute Gasteiger partial charge is 0.326 e. The first-order chi connectivity index (χ1) is 6.86. The molecule has 0 fully saturated rings. The van der Waals surface area contributed by atoms with Crippen molar-refractivity contribution < 1.29 is 0 Å². The molecule has 0 aromatic heterocycles. The first kappa shape index (κ1) is 9.22. The molecule has 1 nitrogen and oxygen atoms in total. The first-order valence-corrected chi connectivity index (χ1v) is 5.06. The average Bonchev–Trinajstić information content (AvgIpc) is 2.27. The molecule has 0 bridgehead atoms. The van der Waals surface area contributed by atoms with E-state index in [0.717, 1.165) is 6.42 Å². The van der Waals surface area contributed by atoms with Crippen LogP contribution in [0.25, 0.3) is 10.8 Å². The van der Waals surface area contributed by atoms with Crippen molar-refractivity contribution in [2.75, 3.05) is 0 Å². The van der Waals surface area contributed by atoms with Crippen molar-refractivity contribution in [1.29, 1.82) is 0 Å². The Balaban J connectivity index is 2.77. The van der Waals surface area contributed by atoms with Crippen LogP contribution in [0.2, 0.25) is 0 Å². The highest BCUT2D eigenvalue weighted by Gasteiger charge is 2.03. The maximum atomic E-state index is 5.79. The minimum atomic E-state index is 0.629. The molecule has 2 aromatic carbocycles. The van der Waals surface area contributed by atoms with E-state index in [-0.39, 0.29) is 0 Å². The fraction of sp³-hybridized carbons (Fsp3) is 0.231. The van der Waals surface area contributed by atoms with Gasteiger partial charge in [0.1, 0.15) is 0 Å². The average molecular weight is 185 g/mol. The lowest BCUT2D eigenvalue weighted by Crippen LogP contribution is -2.01. The van der Waals surface area contributed by atoms with Gasteiger partial charge in [-0.3, -0.25) is 0 Å². The molecule has 1 heteroatoms. The fourth-order valence-electron chi connectivity index (χ4n) is 1.95. The molecule has 0 saturated carbocycles. The summed E-state index contributed by atoms with van der Waals surface area (Å²) in [6, 6.07) is 12.8. The summed E-state index contributed by atoms with van der Waals surface area (Å²) in [4.78, 5) is 0. The highest BCUT2D eigenvalue weighted by molar-refractivity contribution is 5.86. The van der Waals surface area contributed by atoms with Crippen molar-refractivity contribution in [2.45, 2.75) is 19.9 Å². The van der Waals surface area contributed by atoms with Gasteiger partial charge in [-0.2, -0.15) is 0 Å². The monoisotopic (exact) mass is 185 g/mol. The fourth-order valence-corrected chi connectivity index (χ4v) is 1.95. The van der Waals surface area contributed by atoms with E-state index < -0.39 is 0 Å². The summed E-state index contributed by atoms with van der Waals surface area (Å²) < 4.78 is 0. The zero-order chi connectivity index (χ0) is 9.97. The van der Waals surface area contributed by atoms with E-state index in [1.54, 1.807) is 0 Å². The van der Waals surface area contributed by atoms with Crippen molar-refractivity contribution in [3.63, 3.8) is 0 Å². The van der Waals surface area contributed by atoms with Gasteiger partial charge in [0.2, 0.25) is 0 Å². The van der Waals surface area contributed by atoms with Crippen LogP contribution in [0.1, 0.15) is 18.1 Å². The van der Waals surface area contributed by atoms with Crippen LogP contribution in [0.15, 0.2) is 36.4 Å². The molecule has 0 aliphatic carbocycles. The third-order valence-electron chi connectivity index (χ3n) is 2.72. The van der Waals surface area contributed by atoms with E-state index in [0.29, 0.717) is 6.54 Å². The predicted molar refractivity (Wildman–Crippen MR) is 61.2 cm³/mol. The summed E-state index contributed by atoms with van der Waals surface area (Å²) in [6.07, 6.45) is 1.05. The van der Waals surface area contributed by atoms with Gasteiger partial charge in [-0.25, -0.2) is 0 Å². The molecule has 0 aliphatic heterocycles. The second-order valence-electron chi connectivity index (χ2n) is 3.48. The number of aryl methyl sites for hydroxylation is 1. The van der Waals surface area contributed by atoms with E-state index in [2.05, 4.69) is 43.3 Å². The molecule has 2 N–H and O–H groups in total. The first-order valence-electron chi connectivity index (χ1n) is 5.06. The molecule has 2 rings (SSSR count). The molecule has 0 atom stereocenters. The van der Waals surface area contributed by atoms with E-state index in [9.17, 15) is 0 Å². The van der Waals surface area contributed by atoms with Crippen LogP contribution in [0.5, 0.6) is 0 Å². The smallest absolute Gasteiger partial charge is 0.0187 e. The molecule has 0 spiro atoms. The maximum absolute atomic E-state index is 5.79. The van der Waals surface area contributed by atoms with Gasteiger partial charge in [0.15, 0.2) is 0 Å². The maximum Gasteiger partial charge on any atom is 0.0187 e. The van der Waals surface area contributed by atoms with Gasteiger partial charge in [-0.05, 0) is 28.3 Å². The van der Waals surface area contributed by atoms with Crippen molar-refractivity contribution >= 4 is 10.8 Å². The van der Waals surface area contributed by atoms with E-state index in [1.807, 2.05) is 0 Å². The quantitative estimate of drug-likeness (QED) is 0.765. The minimum absolute atomic E-state index is 0.629. The SMILES string of the molecule is CCc1ccc2ccccc2c1CN. The van der Waals surface area contributed by atoms with Gasteiger partial charge in [-0.1, -0.05) is 43.3 Å². The highest BCUT2D eigenvalue weighted by atomic mass is 14.5. The Morgan fingerprint density at radius 3 is 2.57 bits per heavy atom. The Hall–Kier alpha value is -1.34. The van der Waals surface area contributed by atoms with Crippen molar-refractivity contribution in [3.05, 3.63) is 47.5 Å². The van der Waals surface area contributed by atoms with Crippen molar-refractivity contribution in [1.82, 2.24) is 0 Å². The van der Waals surface area contributed by atoms with Gasteiger partial charge in [0, 0.05) is 6.54 Å². The Morgan fingerprint density at radius 2 is 1.86 bits per heavy atom. The van der Waals surface area contributed by atoms with Crippen LogP contribution < -0.4 is 5.73 Å². The molecule has 0 heterocycles. The Kier molecular flexibility index (Phi) is 2.51. The number of fused-ring (bicyclic) bond motifs is 1. The molecule has 72 valence electrons. The van der Waals surface area contributed by atoms with Crippen LogP contribution in [-0.2, 0) is 13.0 Å². The molecule has 14 heavy (non-hydrogen) atoms. The van der Waals surface area contributed by atoms with E-state index in [1.165, 1.54) is 21.9 Å². The minimum Gasteiger partial charge on any atom is -0.326 e. The number of hydrogen-bond donors (Lipinski definition) is 1. The molecule has 0 aliphatic rings. The van der Waals surface area contributed by atoms with Gasteiger partial charge >= 0.3 is 0 Å². The summed E-state index contributed by atoms with van der Waals surface area (Å²) in [5.74, 6) is 0. The van der Waals surface area contributed by atoms with Gasteiger partial charge in [0.05, 0.1) is 0 Å². The third kappa shape index (κ3) is 1.40. The topological polar surface area (TPSA) is 26.0 Å². The molecular weight excluding hydrogens is 170 g/mol. The molecule has 0 radical (unpaired) electrons. The van der Waals surface area contributed by atoms with E-state index >= 15 is 0 Å². The second-order valence-corrected chi connectivity index (χ2v) is 3.48. The summed E-state index contributed by atoms with van der Waals surface area (Å²) in [7, 11) is 0. The second kappa shape index (κ2) is 3.81. The van der Waals surface area contributed by atoms with Crippen molar-refractivity contribution in [3.8, 4) is 0 Å². The molecule has 2 aromatic rings. The molecule has 0 saturated heterocycles. The van der Waals surface area contributed by atoms with Crippen molar-refractivity contribution in [2.24, 2.45) is 5.73 Å². The normalized spacial score (nSPS) is 10.7. The zero-order valence-electron chi connectivity index (χ0n) is 8.46. The Labute approximate surface area is 84.5 Å². The summed E-state index contributed by atoms with van der Waals surface area (Å²) in [5, 5.41) is 2.58. The van der Waals surface area contributed by atoms with E-state index in [4.69, 9.17) is 5.73 Å². The highest BCUT2D eigenvalue weighted by Crippen LogP contribution is 2.22. The zero-order valence-corrected chi connectivity index (χ0v) is 8.46. The number of benzene rings is 2. The van der Waals surface area contributed by atoms with Crippen LogP contribution in [0.4, 0.5) is 0 Å². The lowest BCUT2D eigenvalue weighted by atomic mass is 9.97. The van der Waals surface area contributed by atoms with Gasteiger partial charge in [-0.15, -0.1) is 0 Å². The lowest BCUT2D eigenvalue weighted by molar-refractivity contribution is 1.02. The summed E-state index contributed by atoms with van der Waals surface area (Å²) in [6.45, 7) is 2.80.